The van der Waals surface area contributed by atoms with Crippen molar-refractivity contribution in [1.29, 1.82) is 0 Å². The number of hydrogen-bond acceptors (Lipinski definition) is 4. The van der Waals surface area contributed by atoms with Gasteiger partial charge in [0.25, 0.3) is 0 Å². The fraction of sp³-hybridized carbons (Fsp3) is 0.370. The number of anilines is 2. The van der Waals surface area contributed by atoms with Gasteiger partial charge in [0.15, 0.2) is 0 Å². The van der Waals surface area contributed by atoms with Gasteiger partial charge in [0.1, 0.15) is 5.82 Å². The van der Waals surface area contributed by atoms with Crippen molar-refractivity contribution in [1.82, 2.24) is 15.2 Å². The van der Waals surface area contributed by atoms with Crippen molar-refractivity contribution < 1.29 is 9.59 Å². The van der Waals surface area contributed by atoms with E-state index in [4.69, 9.17) is 0 Å². The molecule has 0 aliphatic carbocycles. The van der Waals surface area contributed by atoms with Crippen molar-refractivity contribution in [3.8, 4) is 0 Å². The highest BCUT2D eigenvalue weighted by Crippen LogP contribution is 2.26. The maximum atomic E-state index is 12.5. The SMILES string of the molecule is CC(C)(C)NC(=O)C1CCN(Cc2cccc(N(C=O)c3ccc4ccccc4n3)c2)CC1. The average Bonchev–Trinajstić information content (AvgIpc) is 2.79. The van der Waals surface area contributed by atoms with Crippen LogP contribution in [0.25, 0.3) is 10.9 Å². The minimum atomic E-state index is -0.195. The molecule has 1 aliphatic rings. The maximum absolute atomic E-state index is 12.5. The van der Waals surface area contributed by atoms with E-state index in [9.17, 15) is 9.59 Å². The minimum Gasteiger partial charge on any atom is -0.351 e. The van der Waals surface area contributed by atoms with E-state index >= 15 is 0 Å². The Morgan fingerprint density at radius 2 is 1.85 bits per heavy atom. The van der Waals surface area contributed by atoms with E-state index in [2.05, 4.69) is 21.3 Å². The summed E-state index contributed by atoms with van der Waals surface area (Å²) < 4.78 is 0. The number of nitrogens with zero attached hydrogens (tertiary/aromatic N) is 3. The molecule has 1 saturated heterocycles. The van der Waals surface area contributed by atoms with Gasteiger partial charge in [-0.2, -0.15) is 0 Å². The zero-order valence-electron chi connectivity index (χ0n) is 19.6. The summed E-state index contributed by atoms with van der Waals surface area (Å²) >= 11 is 0. The van der Waals surface area contributed by atoms with Gasteiger partial charge in [-0.3, -0.25) is 19.4 Å². The number of hydrogen-bond donors (Lipinski definition) is 1. The number of carbonyl (C=O) groups is 2. The summed E-state index contributed by atoms with van der Waals surface area (Å²) in [5.41, 5.74) is 2.60. The van der Waals surface area contributed by atoms with Gasteiger partial charge < -0.3 is 5.32 Å². The van der Waals surface area contributed by atoms with Crippen LogP contribution in [0.15, 0.2) is 60.7 Å². The van der Waals surface area contributed by atoms with Crippen LogP contribution in [0.1, 0.15) is 39.2 Å². The molecule has 172 valence electrons. The largest absolute Gasteiger partial charge is 0.351 e. The Balaban J connectivity index is 1.42. The third-order valence-electron chi connectivity index (χ3n) is 5.99. The van der Waals surface area contributed by atoms with Gasteiger partial charge >= 0.3 is 0 Å². The van der Waals surface area contributed by atoms with Crippen LogP contribution in [0.5, 0.6) is 0 Å². The molecule has 3 aromatic rings. The van der Waals surface area contributed by atoms with Crippen LogP contribution in [0.3, 0.4) is 0 Å². The molecule has 1 aliphatic heterocycles. The number of nitrogens with one attached hydrogen (secondary N) is 1. The average molecular weight is 445 g/mol. The van der Waals surface area contributed by atoms with Crippen molar-refractivity contribution >= 4 is 34.7 Å². The molecule has 2 aromatic carbocycles. The molecular formula is C27H32N4O2. The van der Waals surface area contributed by atoms with E-state index in [0.29, 0.717) is 5.82 Å². The van der Waals surface area contributed by atoms with Gasteiger partial charge in [-0.15, -0.1) is 0 Å². The first-order chi connectivity index (χ1) is 15.8. The fourth-order valence-corrected chi connectivity index (χ4v) is 4.32. The number of piperidine rings is 1. The third kappa shape index (κ3) is 5.76. The normalized spacial score (nSPS) is 15.4. The summed E-state index contributed by atoms with van der Waals surface area (Å²) in [5, 5.41) is 4.15. The molecular weight excluding hydrogens is 412 g/mol. The molecule has 33 heavy (non-hydrogen) atoms. The van der Waals surface area contributed by atoms with E-state index in [1.165, 1.54) is 0 Å². The number of para-hydroxylation sites is 1. The predicted molar refractivity (Wildman–Crippen MR) is 132 cm³/mol. The van der Waals surface area contributed by atoms with E-state index in [1.807, 2.05) is 75.4 Å². The molecule has 1 aromatic heterocycles. The number of aromatic nitrogens is 1. The highest BCUT2D eigenvalue weighted by atomic mass is 16.2. The summed E-state index contributed by atoms with van der Waals surface area (Å²) in [6, 6.07) is 19.8. The van der Waals surface area contributed by atoms with Crippen LogP contribution in [0.4, 0.5) is 11.5 Å². The second-order valence-electron chi connectivity index (χ2n) is 9.80. The third-order valence-corrected chi connectivity index (χ3v) is 5.99. The Morgan fingerprint density at radius 3 is 2.58 bits per heavy atom. The standard InChI is InChI=1S/C27H32N4O2/c1-27(2,3)29-26(33)22-13-15-30(16-14-22)18-20-7-6-9-23(17-20)31(19-32)25-12-11-21-8-4-5-10-24(21)28-25/h4-12,17,19,22H,13-16,18H2,1-3H3,(H,29,33). The molecule has 0 spiro atoms. The Kier molecular flexibility index (Phi) is 6.75. The van der Waals surface area contributed by atoms with Crippen molar-refractivity contribution in [3.05, 3.63) is 66.2 Å². The van der Waals surface area contributed by atoms with Gasteiger partial charge in [0, 0.05) is 23.4 Å². The van der Waals surface area contributed by atoms with Crippen LogP contribution in [0.2, 0.25) is 0 Å². The van der Waals surface area contributed by atoms with Gasteiger partial charge in [-0.05, 0) is 82.6 Å². The van der Waals surface area contributed by atoms with Crippen LogP contribution >= 0.6 is 0 Å². The number of amides is 2. The zero-order valence-corrected chi connectivity index (χ0v) is 19.6. The Labute approximate surface area is 195 Å². The van der Waals surface area contributed by atoms with E-state index in [1.54, 1.807) is 4.90 Å². The van der Waals surface area contributed by atoms with Crippen molar-refractivity contribution in [2.75, 3.05) is 18.0 Å². The number of pyridine rings is 1. The molecule has 2 heterocycles. The van der Waals surface area contributed by atoms with Crippen molar-refractivity contribution in [2.45, 2.75) is 45.7 Å². The van der Waals surface area contributed by atoms with Gasteiger partial charge in [0.2, 0.25) is 12.3 Å². The first-order valence-electron chi connectivity index (χ1n) is 11.6. The second-order valence-corrected chi connectivity index (χ2v) is 9.80. The summed E-state index contributed by atoms with van der Waals surface area (Å²) in [5.74, 6) is 0.844. The summed E-state index contributed by atoms with van der Waals surface area (Å²) in [6.45, 7) is 8.61. The van der Waals surface area contributed by atoms with Crippen LogP contribution in [-0.4, -0.2) is 40.8 Å². The molecule has 0 radical (unpaired) electrons. The van der Waals surface area contributed by atoms with E-state index in [-0.39, 0.29) is 17.4 Å². The topological polar surface area (TPSA) is 65.5 Å². The van der Waals surface area contributed by atoms with E-state index in [0.717, 1.165) is 61.0 Å². The summed E-state index contributed by atoms with van der Waals surface area (Å²) in [4.78, 5) is 33.1. The monoisotopic (exact) mass is 444 g/mol. The lowest BCUT2D eigenvalue weighted by atomic mass is 9.94. The molecule has 0 bridgehead atoms. The fourth-order valence-electron chi connectivity index (χ4n) is 4.32. The van der Waals surface area contributed by atoms with Gasteiger partial charge in [-0.1, -0.05) is 30.3 Å². The number of benzene rings is 2. The van der Waals surface area contributed by atoms with Crippen molar-refractivity contribution in [3.63, 3.8) is 0 Å². The summed E-state index contributed by atoms with van der Waals surface area (Å²) in [7, 11) is 0. The first-order valence-corrected chi connectivity index (χ1v) is 11.6. The zero-order chi connectivity index (χ0) is 23.4. The lowest BCUT2D eigenvalue weighted by Crippen LogP contribution is -2.46. The Hall–Kier alpha value is -3.25. The van der Waals surface area contributed by atoms with Crippen LogP contribution in [0, 0.1) is 5.92 Å². The smallest absolute Gasteiger partial charge is 0.223 e. The Bertz CT molecular complexity index is 1130. The predicted octanol–water partition coefficient (Wildman–Crippen LogP) is 4.66. The lowest BCUT2D eigenvalue weighted by molar-refractivity contribution is -0.128. The molecule has 6 heteroatoms. The van der Waals surface area contributed by atoms with Crippen molar-refractivity contribution in [2.24, 2.45) is 5.92 Å². The molecule has 0 saturated carbocycles. The van der Waals surface area contributed by atoms with E-state index < -0.39 is 0 Å². The molecule has 0 unspecified atom stereocenters. The number of carbonyl (C=O) groups excluding carboxylic acids is 2. The number of fused-ring (bicyclic) bond motifs is 1. The summed E-state index contributed by atoms with van der Waals surface area (Å²) in [6.07, 6.45) is 2.54. The highest BCUT2D eigenvalue weighted by Gasteiger charge is 2.27. The maximum Gasteiger partial charge on any atom is 0.223 e. The minimum absolute atomic E-state index is 0.0799. The molecule has 0 atom stereocenters. The molecule has 2 amide bonds. The first kappa shape index (κ1) is 22.9. The van der Waals surface area contributed by atoms with Crippen LogP contribution in [-0.2, 0) is 16.1 Å². The van der Waals surface area contributed by atoms with Gasteiger partial charge in [0.05, 0.1) is 11.2 Å². The molecule has 4 rings (SSSR count). The molecule has 6 nitrogen and oxygen atoms in total. The van der Waals surface area contributed by atoms with Gasteiger partial charge in [-0.25, -0.2) is 4.98 Å². The lowest BCUT2D eigenvalue weighted by Gasteiger charge is -2.33. The highest BCUT2D eigenvalue weighted by molar-refractivity contribution is 5.88. The molecule has 1 fully saturated rings. The molecule has 1 N–H and O–H groups in total. The van der Waals surface area contributed by atoms with Crippen LogP contribution < -0.4 is 10.2 Å². The quantitative estimate of drug-likeness (QED) is 0.562. The Morgan fingerprint density at radius 1 is 1.09 bits per heavy atom. The second kappa shape index (κ2) is 9.71. The number of rotatable bonds is 6. The number of likely N-dealkylation sites (tertiary alicyclic amines) is 1.